The van der Waals surface area contributed by atoms with E-state index in [0.717, 1.165) is 11.3 Å². The van der Waals surface area contributed by atoms with Crippen LogP contribution in [0, 0.1) is 13.8 Å². The standard InChI is InChI=1S/C12H18O2/c1-8-5-6-12(9(2)7-8)14-11(4)10(3)13/h5-7,10-11,13H,1-4H3/t10-,11?/m0/s1. The minimum Gasteiger partial charge on any atom is -0.488 e. The Balaban J connectivity index is 2.77. The molecule has 0 fully saturated rings. The van der Waals surface area contributed by atoms with E-state index in [0.29, 0.717) is 0 Å². The van der Waals surface area contributed by atoms with Gasteiger partial charge in [0.15, 0.2) is 0 Å². The highest BCUT2D eigenvalue weighted by molar-refractivity contribution is 5.35. The summed E-state index contributed by atoms with van der Waals surface area (Å²) in [4.78, 5) is 0. The number of aliphatic hydroxyl groups excluding tert-OH is 1. The third-order valence-electron chi connectivity index (χ3n) is 2.32. The van der Waals surface area contributed by atoms with E-state index in [-0.39, 0.29) is 6.10 Å². The van der Waals surface area contributed by atoms with Crippen molar-refractivity contribution in [3.8, 4) is 5.75 Å². The van der Waals surface area contributed by atoms with E-state index in [2.05, 4.69) is 13.0 Å². The van der Waals surface area contributed by atoms with Gasteiger partial charge in [-0.05, 0) is 39.3 Å². The first-order valence-corrected chi connectivity index (χ1v) is 4.92. The third kappa shape index (κ3) is 2.74. The molecule has 1 aromatic carbocycles. The Kier molecular flexibility index (Phi) is 3.53. The molecule has 2 atom stereocenters. The molecular weight excluding hydrogens is 176 g/mol. The number of hydrogen-bond acceptors (Lipinski definition) is 2. The molecule has 0 aliphatic heterocycles. The molecule has 1 unspecified atom stereocenters. The van der Waals surface area contributed by atoms with Crippen molar-refractivity contribution in [2.24, 2.45) is 0 Å². The number of hydrogen-bond donors (Lipinski definition) is 1. The molecule has 0 saturated carbocycles. The van der Waals surface area contributed by atoms with Gasteiger partial charge in [-0.3, -0.25) is 0 Å². The first-order valence-electron chi connectivity index (χ1n) is 4.92. The fourth-order valence-electron chi connectivity index (χ4n) is 1.23. The first kappa shape index (κ1) is 11.1. The molecule has 78 valence electrons. The predicted molar refractivity (Wildman–Crippen MR) is 57.7 cm³/mol. The van der Waals surface area contributed by atoms with Crippen LogP contribution in [0.1, 0.15) is 25.0 Å². The smallest absolute Gasteiger partial charge is 0.122 e. The van der Waals surface area contributed by atoms with Gasteiger partial charge in [0.1, 0.15) is 11.9 Å². The summed E-state index contributed by atoms with van der Waals surface area (Å²) in [6, 6.07) is 6.03. The summed E-state index contributed by atoms with van der Waals surface area (Å²) in [5.74, 6) is 0.851. The van der Waals surface area contributed by atoms with Crippen molar-refractivity contribution in [1.82, 2.24) is 0 Å². The maximum absolute atomic E-state index is 9.30. The van der Waals surface area contributed by atoms with Crippen molar-refractivity contribution in [3.05, 3.63) is 29.3 Å². The quantitative estimate of drug-likeness (QED) is 0.801. The average molecular weight is 194 g/mol. The molecule has 1 rings (SSSR count). The van der Waals surface area contributed by atoms with Crippen molar-refractivity contribution >= 4 is 0 Å². The third-order valence-corrected chi connectivity index (χ3v) is 2.32. The Hall–Kier alpha value is -1.02. The Labute approximate surface area is 85.5 Å². The highest BCUT2D eigenvalue weighted by Gasteiger charge is 2.11. The highest BCUT2D eigenvalue weighted by Crippen LogP contribution is 2.20. The molecule has 0 radical (unpaired) electrons. The SMILES string of the molecule is Cc1ccc(OC(C)[C@H](C)O)c(C)c1. The monoisotopic (exact) mass is 194 g/mol. The number of benzene rings is 1. The number of ether oxygens (including phenoxy) is 1. The van der Waals surface area contributed by atoms with Gasteiger partial charge in [-0.15, -0.1) is 0 Å². The van der Waals surface area contributed by atoms with Gasteiger partial charge >= 0.3 is 0 Å². The van der Waals surface area contributed by atoms with Crippen LogP contribution in [0.2, 0.25) is 0 Å². The molecule has 0 amide bonds. The molecule has 0 spiro atoms. The number of aliphatic hydroxyl groups is 1. The molecule has 0 aliphatic rings. The first-order chi connectivity index (χ1) is 6.50. The summed E-state index contributed by atoms with van der Waals surface area (Å²) in [6.07, 6.45) is -0.618. The fraction of sp³-hybridized carbons (Fsp3) is 0.500. The van der Waals surface area contributed by atoms with Gasteiger partial charge in [-0.2, -0.15) is 0 Å². The summed E-state index contributed by atoms with van der Waals surface area (Å²) in [6.45, 7) is 7.66. The number of rotatable bonds is 3. The second-order valence-electron chi connectivity index (χ2n) is 3.83. The van der Waals surface area contributed by atoms with E-state index in [1.807, 2.05) is 26.0 Å². The lowest BCUT2D eigenvalue weighted by Gasteiger charge is -2.18. The summed E-state index contributed by atoms with van der Waals surface area (Å²) in [7, 11) is 0. The molecule has 1 N–H and O–H groups in total. The van der Waals surface area contributed by atoms with Crippen LogP contribution in [-0.4, -0.2) is 17.3 Å². The maximum Gasteiger partial charge on any atom is 0.122 e. The molecule has 14 heavy (non-hydrogen) atoms. The lowest BCUT2D eigenvalue weighted by molar-refractivity contribution is 0.0600. The van der Waals surface area contributed by atoms with Gasteiger partial charge in [-0.25, -0.2) is 0 Å². The molecular formula is C12H18O2. The second kappa shape index (κ2) is 4.47. The van der Waals surface area contributed by atoms with Crippen LogP contribution in [0.4, 0.5) is 0 Å². The van der Waals surface area contributed by atoms with E-state index >= 15 is 0 Å². The van der Waals surface area contributed by atoms with Crippen molar-refractivity contribution < 1.29 is 9.84 Å². The van der Waals surface area contributed by atoms with Crippen LogP contribution < -0.4 is 4.74 Å². The van der Waals surface area contributed by atoms with Crippen molar-refractivity contribution in [1.29, 1.82) is 0 Å². The zero-order valence-corrected chi connectivity index (χ0v) is 9.24. The highest BCUT2D eigenvalue weighted by atomic mass is 16.5. The summed E-state index contributed by atoms with van der Waals surface area (Å²) < 4.78 is 5.61. The fourth-order valence-corrected chi connectivity index (χ4v) is 1.23. The maximum atomic E-state index is 9.30. The summed E-state index contributed by atoms with van der Waals surface area (Å²) in [5.41, 5.74) is 2.33. The van der Waals surface area contributed by atoms with E-state index in [1.165, 1.54) is 5.56 Å². The molecule has 0 saturated heterocycles. The van der Waals surface area contributed by atoms with Crippen LogP contribution in [0.5, 0.6) is 5.75 Å². The van der Waals surface area contributed by atoms with E-state index in [4.69, 9.17) is 4.74 Å². The van der Waals surface area contributed by atoms with Crippen molar-refractivity contribution in [2.45, 2.75) is 39.9 Å². The summed E-state index contributed by atoms with van der Waals surface area (Å²) in [5, 5.41) is 9.30. The van der Waals surface area contributed by atoms with Crippen molar-refractivity contribution in [2.75, 3.05) is 0 Å². The molecule has 0 aliphatic carbocycles. The minimum atomic E-state index is -0.448. The van der Waals surface area contributed by atoms with E-state index < -0.39 is 6.10 Å². The molecule has 1 aromatic rings. The topological polar surface area (TPSA) is 29.5 Å². The lowest BCUT2D eigenvalue weighted by atomic mass is 10.1. The Bertz CT molecular complexity index is 305. The molecule has 0 aromatic heterocycles. The molecule has 2 heteroatoms. The predicted octanol–water partition coefficient (Wildman–Crippen LogP) is 2.45. The zero-order chi connectivity index (χ0) is 10.7. The van der Waals surface area contributed by atoms with E-state index in [9.17, 15) is 5.11 Å². The van der Waals surface area contributed by atoms with Crippen molar-refractivity contribution in [3.63, 3.8) is 0 Å². The van der Waals surface area contributed by atoms with Gasteiger partial charge in [0.25, 0.3) is 0 Å². The molecule has 0 heterocycles. The van der Waals surface area contributed by atoms with Crippen LogP contribution in [0.3, 0.4) is 0 Å². The van der Waals surface area contributed by atoms with Crippen LogP contribution in [0.25, 0.3) is 0 Å². The largest absolute Gasteiger partial charge is 0.488 e. The Morgan fingerprint density at radius 1 is 1.21 bits per heavy atom. The lowest BCUT2D eigenvalue weighted by Crippen LogP contribution is -2.25. The zero-order valence-electron chi connectivity index (χ0n) is 9.24. The minimum absolute atomic E-state index is 0.170. The Morgan fingerprint density at radius 3 is 2.36 bits per heavy atom. The van der Waals surface area contributed by atoms with Crippen LogP contribution in [0.15, 0.2) is 18.2 Å². The summed E-state index contributed by atoms with van der Waals surface area (Å²) >= 11 is 0. The number of aryl methyl sites for hydroxylation is 2. The average Bonchev–Trinajstić information content (AvgIpc) is 2.09. The van der Waals surface area contributed by atoms with Gasteiger partial charge in [0.05, 0.1) is 6.10 Å². The second-order valence-corrected chi connectivity index (χ2v) is 3.83. The molecule has 2 nitrogen and oxygen atoms in total. The van der Waals surface area contributed by atoms with Crippen LogP contribution in [-0.2, 0) is 0 Å². The van der Waals surface area contributed by atoms with Gasteiger partial charge in [-0.1, -0.05) is 17.7 Å². The normalized spacial score (nSPS) is 14.9. The molecule has 0 bridgehead atoms. The van der Waals surface area contributed by atoms with Crippen LogP contribution >= 0.6 is 0 Å². The van der Waals surface area contributed by atoms with Gasteiger partial charge < -0.3 is 9.84 Å². The van der Waals surface area contributed by atoms with Gasteiger partial charge in [0.2, 0.25) is 0 Å². The van der Waals surface area contributed by atoms with E-state index in [1.54, 1.807) is 6.92 Å². The van der Waals surface area contributed by atoms with Gasteiger partial charge in [0, 0.05) is 0 Å². The Morgan fingerprint density at radius 2 is 1.86 bits per heavy atom.